The number of rotatable bonds is 1. The van der Waals surface area contributed by atoms with Gasteiger partial charge in [-0.1, -0.05) is 0 Å². The number of piperidine rings is 1. The minimum atomic E-state index is -1.11. The van der Waals surface area contributed by atoms with Crippen LogP contribution in [0.15, 0.2) is 0 Å². The Morgan fingerprint density at radius 1 is 1.11 bits per heavy atom. The molecule has 2 rings (SSSR count). The summed E-state index contributed by atoms with van der Waals surface area (Å²) in [5, 5.41) is 19.4. The number of nitrogens with zero attached hydrogens (tertiary/aromatic N) is 2. The zero-order valence-corrected chi connectivity index (χ0v) is 11.6. The molecule has 6 heteroatoms. The highest BCUT2D eigenvalue weighted by molar-refractivity contribution is 5.86. The highest BCUT2D eigenvalue weighted by atomic mass is 16.4. The number of β-amino-alcohol motifs (C(OH)–C–C–N with tert-alkyl or cyclic N) is 1. The molecule has 2 atom stereocenters. The predicted octanol–water partition coefficient (Wildman–Crippen LogP) is 0.892. The number of amides is 2. The van der Waals surface area contributed by atoms with E-state index < -0.39 is 17.1 Å². The number of hydrogen-bond acceptors (Lipinski definition) is 3. The van der Waals surface area contributed by atoms with Crippen molar-refractivity contribution >= 4 is 12.0 Å². The average molecular weight is 270 g/mol. The van der Waals surface area contributed by atoms with Crippen molar-refractivity contribution in [2.75, 3.05) is 19.6 Å². The Labute approximate surface area is 113 Å². The molecule has 2 fully saturated rings. The largest absolute Gasteiger partial charge is 0.480 e. The van der Waals surface area contributed by atoms with Crippen LogP contribution in [0.2, 0.25) is 0 Å². The number of carbonyl (C=O) groups is 2. The van der Waals surface area contributed by atoms with Crippen molar-refractivity contribution in [3.63, 3.8) is 0 Å². The van der Waals surface area contributed by atoms with Crippen LogP contribution in [-0.2, 0) is 4.79 Å². The molecule has 19 heavy (non-hydrogen) atoms. The molecule has 2 N–H and O–H groups in total. The van der Waals surface area contributed by atoms with Crippen LogP contribution in [0.25, 0.3) is 0 Å². The lowest BCUT2D eigenvalue weighted by atomic mass is 9.95. The van der Waals surface area contributed by atoms with E-state index >= 15 is 0 Å². The smallest absolute Gasteiger partial charge is 0.329 e. The second-order valence-electron chi connectivity index (χ2n) is 6.14. The molecule has 2 unspecified atom stereocenters. The highest BCUT2D eigenvalue weighted by Gasteiger charge is 2.48. The Bertz CT molecular complexity index is 396. The van der Waals surface area contributed by atoms with Gasteiger partial charge in [0.15, 0.2) is 0 Å². The van der Waals surface area contributed by atoms with Crippen molar-refractivity contribution in [3.8, 4) is 0 Å². The van der Waals surface area contributed by atoms with Crippen molar-refractivity contribution < 1.29 is 19.8 Å². The number of aliphatic carboxylic acids is 1. The molecule has 2 amide bonds. The summed E-state index contributed by atoms with van der Waals surface area (Å²) in [5.41, 5.74) is -1.98. The Morgan fingerprint density at radius 2 is 1.74 bits per heavy atom. The summed E-state index contributed by atoms with van der Waals surface area (Å²) >= 11 is 0. The average Bonchev–Trinajstić information content (AvgIpc) is 2.70. The van der Waals surface area contributed by atoms with Crippen LogP contribution < -0.4 is 0 Å². The van der Waals surface area contributed by atoms with Crippen LogP contribution in [0.5, 0.6) is 0 Å². The van der Waals surface area contributed by atoms with Gasteiger partial charge in [-0.2, -0.15) is 0 Å². The Balaban J connectivity index is 2.13. The van der Waals surface area contributed by atoms with Crippen molar-refractivity contribution in [1.82, 2.24) is 9.80 Å². The third kappa shape index (κ3) is 2.54. The lowest BCUT2D eigenvalue weighted by Gasteiger charge is -2.41. The van der Waals surface area contributed by atoms with E-state index in [0.717, 1.165) is 6.42 Å². The first kappa shape index (κ1) is 14.1. The maximum Gasteiger partial charge on any atom is 0.329 e. The molecular weight excluding hydrogens is 248 g/mol. The van der Waals surface area contributed by atoms with Crippen molar-refractivity contribution in [2.24, 2.45) is 0 Å². The fraction of sp³-hybridized carbons (Fsp3) is 0.846. The zero-order chi connectivity index (χ0) is 14.3. The molecule has 108 valence electrons. The summed E-state index contributed by atoms with van der Waals surface area (Å²) in [4.78, 5) is 26.9. The van der Waals surface area contributed by atoms with Gasteiger partial charge in [0.1, 0.15) is 5.54 Å². The van der Waals surface area contributed by atoms with E-state index in [-0.39, 0.29) is 12.6 Å². The molecule has 0 aromatic carbocycles. The summed E-state index contributed by atoms with van der Waals surface area (Å²) in [6.07, 6.45) is 2.61. The van der Waals surface area contributed by atoms with Crippen LogP contribution in [-0.4, -0.2) is 62.8 Å². The second-order valence-corrected chi connectivity index (χ2v) is 6.14. The molecule has 2 saturated heterocycles. The normalized spacial score (nSPS) is 35.5. The van der Waals surface area contributed by atoms with Gasteiger partial charge in [0, 0.05) is 13.1 Å². The van der Waals surface area contributed by atoms with E-state index in [9.17, 15) is 19.8 Å². The van der Waals surface area contributed by atoms with Gasteiger partial charge in [-0.15, -0.1) is 0 Å². The van der Waals surface area contributed by atoms with Crippen LogP contribution in [0, 0.1) is 0 Å². The lowest BCUT2D eigenvalue weighted by Crippen LogP contribution is -2.58. The van der Waals surface area contributed by atoms with Gasteiger partial charge in [0.25, 0.3) is 0 Å². The Kier molecular flexibility index (Phi) is 3.47. The number of urea groups is 1. The number of aliphatic hydroxyl groups is 1. The fourth-order valence-corrected chi connectivity index (χ4v) is 3.05. The molecule has 0 radical (unpaired) electrons. The van der Waals surface area contributed by atoms with Crippen LogP contribution in [0.1, 0.15) is 39.5 Å². The van der Waals surface area contributed by atoms with Gasteiger partial charge in [0.2, 0.25) is 0 Å². The van der Waals surface area contributed by atoms with Crippen molar-refractivity contribution in [1.29, 1.82) is 0 Å². The van der Waals surface area contributed by atoms with E-state index in [2.05, 4.69) is 0 Å². The zero-order valence-electron chi connectivity index (χ0n) is 11.6. The first-order valence-corrected chi connectivity index (χ1v) is 6.79. The summed E-state index contributed by atoms with van der Waals surface area (Å²) in [7, 11) is 0. The van der Waals surface area contributed by atoms with E-state index in [1.165, 1.54) is 4.90 Å². The molecule has 6 nitrogen and oxygen atoms in total. The molecule has 0 spiro atoms. The first-order valence-electron chi connectivity index (χ1n) is 6.79. The summed E-state index contributed by atoms with van der Waals surface area (Å²) in [6.45, 7) is 4.65. The fourth-order valence-electron chi connectivity index (χ4n) is 3.05. The maximum absolute atomic E-state index is 12.5. The minimum Gasteiger partial charge on any atom is -0.480 e. The number of likely N-dealkylation sites (tertiary alicyclic amines) is 2. The van der Waals surface area contributed by atoms with E-state index in [1.54, 1.807) is 18.7 Å². The quantitative estimate of drug-likeness (QED) is 0.741. The monoisotopic (exact) mass is 270 g/mol. The topological polar surface area (TPSA) is 81.1 Å². The van der Waals surface area contributed by atoms with Crippen molar-refractivity contribution in [3.05, 3.63) is 0 Å². The maximum atomic E-state index is 12.5. The molecule has 0 aliphatic carbocycles. The van der Waals surface area contributed by atoms with E-state index in [4.69, 9.17) is 0 Å². The van der Waals surface area contributed by atoms with Gasteiger partial charge in [-0.25, -0.2) is 9.59 Å². The highest BCUT2D eigenvalue weighted by Crippen LogP contribution is 2.31. The SMILES string of the molecule is CC1(O)CCCN(C(=O)N2CCCC2(C)C(=O)O)C1. The standard InChI is InChI=1S/C13H22N2O4/c1-12(19)5-3-7-14(9-12)11(18)15-8-4-6-13(15,2)10(16)17/h19H,3-9H2,1-2H3,(H,16,17). The first-order chi connectivity index (χ1) is 8.76. The predicted molar refractivity (Wildman–Crippen MR) is 68.8 cm³/mol. The van der Waals surface area contributed by atoms with E-state index in [1.807, 2.05) is 0 Å². The molecule has 2 aliphatic rings. The third-order valence-corrected chi connectivity index (χ3v) is 4.28. The summed E-state index contributed by atoms with van der Waals surface area (Å²) < 4.78 is 0. The number of carboxylic acids is 1. The molecule has 0 aromatic rings. The van der Waals surface area contributed by atoms with Gasteiger partial charge in [0.05, 0.1) is 12.1 Å². The number of carboxylic acid groups (broad SMARTS) is 1. The van der Waals surface area contributed by atoms with Crippen LogP contribution in [0.4, 0.5) is 4.79 Å². The van der Waals surface area contributed by atoms with Crippen molar-refractivity contribution in [2.45, 2.75) is 50.7 Å². The molecule has 0 saturated carbocycles. The Hall–Kier alpha value is -1.30. The number of carbonyl (C=O) groups excluding carboxylic acids is 1. The van der Waals surface area contributed by atoms with Gasteiger partial charge in [-0.3, -0.25) is 0 Å². The molecule has 0 aromatic heterocycles. The molecule has 0 bridgehead atoms. The summed E-state index contributed by atoms with van der Waals surface area (Å²) in [5.74, 6) is -0.956. The molecule has 2 heterocycles. The van der Waals surface area contributed by atoms with E-state index in [0.29, 0.717) is 32.4 Å². The lowest BCUT2D eigenvalue weighted by molar-refractivity contribution is -0.147. The third-order valence-electron chi connectivity index (χ3n) is 4.28. The number of hydrogen-bond donors (Lipinski definition) is 2. The second kappa shape index (κ2) is 4.67. The Morgan fingerprint density at radius 3 is 2.32 bits per heavy atom. The summed E-state index contributed by atoms with van der Waals surface area (Å²) in [6, 6.07) is -0.262. The van der Waals surface area contributed by atoms with Crippen LogP contribution in [0.3, 0.4) is 0 Å². The van der Waals surface area contributed by atoms with Gasteiger partial charge >= 0.3 is 12.0 Å². The van der Waals surface area contributed by atoms with Crippen LogP contribution >= 0.6 is 0 Å². The van der Waals surface area contributed by atoms with Gasteiger partial charge in [-0.05, 0) is 39.5 Å². The molecular formula is C13H22N2O4. The van der Waals surface area contributed by atoms with Gasteiger partial charge < -0.3 is 20.0 Å². The minimum absolute atomic E-state index is 0.262. The molecule has 2 aliphatic heterocycles.